The fourth-order valence-electron chi connectivity index (χ4n) is 3.82. The predicted octanol–water partition coefficient (Wildman–Crippen LogP) is 2.26. The van der Waals surface area contributed by atoms with Crippen LogP contribution in [0.1, 0.15) is 34.3 Å². The number of hydrogen-bond donors (Lipinski definition) is 1. The van der Waals surface area contributed by atoms with Crippen molar-refractivity contribution >= 4 is 17.2 Å². The number of carbonyl (C=O) groups is 1. The van der Waals surface area contributed by atoms with Crippen LogP contribution >= 0.6 is 11.3 Å². The van der Waals surface area contributed by atoms with Crippen LogP contribution in [0, 0.1) is 0 Å². The van der Waals surface area contributed by atoms with Crippen LogP contribution in [-0.2, 0) is 12.8 Å². The largest absolute Gasteiger partial charge is 0.355 e. The Labute approximate surface area is 158 Å². The summed E-state index contributed by atoms with van der Waals surface area (Å²) in [4.78, 5) is 18.8. The van der Waals surface area contributed by atoms with Crippen molar-refractivity contribution in [2.75, 3.05) is 45.8 Å². The molecular weight excluding hydrogens is 348 g/mol. The van der Waals surface area contributed by atoms with E-state index < -0.39 is 0 Å². The highest BCUT2D eigenvalue weighted by molar-refractivity contribution is 7.10. The van der Waals surface area contributed by atoms with E-state index in [1.807, 2.05) is 0 Å². The van der Waals surface area contributed by atoms with Gasteiger partial charge in [-0.15, -0.1) is 11.3 Å². The molecule has 1 amide bonds. The molecule has 0 spiro atoms. The Morgan fingerprint density at radius 2 is 2.08 bits per heavy atom. The van der Waals surface area contributed by atoms with Crippen LogP contribution in [0.4, 0.5) is 0 Å². The lowest BCUT2D eigenvalue weighted by molar-refractivity contribution is 0.0938. The van der Waals surface area contributed by atoms with Gasteiger partial charge in [-0.2, -0.15) is 0 Å². The minimum Gasteiger partial charge on any atom is -0.355 e. The van der Waals surface area contributed by atoms with Gasteiger partial charge in [-0.1, -0.05) is 12.1 Å². The normalized spacial score (nSPS) is 17.7. The van der Waals surface area contributed by atoms with E-state index in [0.717, 1.165) is 75.4 Å². The van der Waals surface area contributed by atoms with Crippen molar-refractivity contribution in [2.24, 2.45) is 0 Å². The lowest BCUT2D eigenvalue weighted by Crippen LogP contribution is -2.46. The number of amides is 1. The zero-order chi connectivity index (χ0) is 17.9. The van der Waals surface area contributed by atoms with E-state index in [4.69, 9.17) is 4.52 Å². The second kappa shape index (κ2) is 7.90. The third-order valence-electron chi connectivity index (χ3n) is 5.44. The SMILES string of the molecule is CCN1CCN(CCCNC(=O)c2noc3c2CCc2sccc2-3)CC1. The number of nitrogens with zero attached hydrogens (tertiary/aromatic N) is 3. The molecule has 0 saturated carbocycles. The maximum Gasteiger partial charge on any atom is 0.273 e. The van der Waals surface area contributed by atoms with Crippen molar-refractivity contribution < 1.29 is 9.32 Å². The zero-order valence-electron chi connectivity index (χ0n) is 15.3. The highest BCUT2D eigenvalue weighted by Crippen LogP contribution is 2.37. The summed E-state index contributed by atoms with van der Waals surface area (Å²) in [7, 11) is 0. The molecule has 0 radical (unpaired) electrons. The Morgan fingerprint density at radius 3 is 2.88 bits per heavy atom. The molecule has 2 aromatic rings. The molecule has 7 heteroatoms. The molecule has 1 aliphatic heterocycles. The second-order valence-electron chi connectivity index (χ2n) is 6.98. The molecule has 2 aliphatic rings. The first-order chi connectivity index (χ1) is 12.8. The molecule has 6 nitrogen and oxygen atoms in total. The summed E-state index contributed by atoms with van der Waals surface area (Å²) >= 11 is 1.74. The first kappa shape index (κ1) is 17.7. The number of nitrogens with one attached hydrogen (secondary N) is 1. The molecule has 26 heavy (non-hydrogen) atoms. The monoisotopic (exact) mass is 374 g/mol. The van der Waals surface area contributed by atoms with E-state index in [1.54, 1.807) is 11.3 Å². The number of carbonyl (C=O) groups excluding carboxylic acids is 1. The third-order valence-corrected chi connectivity index (χ3v) is 6.42. The maximum atomic E-state index is 12.5. The van der Waals surface area contributed by atoms with Crippen molar-refractivity contribution in [1.82, 2.24) is 20.3 Å². The number of piperazine rings is 1. The van der Waals surface area contributed by atoms with Gasteiger partial charge in [0.05, 0.1) is 0 Å². The van der Waals surface area contributed by atoms with E-state index in [0.29, 0.717) is 12.2 Å². The summed E-state index contributed by atoms with van der Waals surface area (Å²) in [5.41, 5.74) is 2.53. The van der Waals surface area contributed by atoms with Gasteiger partial charge in [0.1, 0.15) is 0 Å². The van der Waals surface area contributed by atoms with Crippen LogP contribution in [-0.4, -0.2) is 66.7 Å². The van der Waals surface area contributed by atoms with E-state index in [1.165, 1.54) is 4.88 Å². The van der Waals surface area contributed by atoms with Crippen molar-refractivity contribution in [2.45, 2.75) is 26.2 Å². The summed E-state index contributed by atoms with van der Waals surface area (Å²) < 4.78 is 5.50. The van der Waals surface area contributed by atoms with Crippen molar-refractivity contribution in [3.63, 3.8) is 0 Å². The molecule has 0 aromatic carbocycles. The zero-order valence-corrected chi connectivity index (χ0v) is 16.1. The summed E-state index contributed by atoms with van der Waals surface area (Å²) in [6.45, 7) is 9.62. The standard InChI is InChI=1S/C19H26N4O2S/c1-2-22-9-11-23(12-10-22)8-3-7-20-19(24)17-15-4-5-16-14(6-13-26-16)18(15)25-21-17/h6,13H,2-5,7-12H2,1H3,(H,20,24). The lowest BCUT2D eigenvalue weighted by atomic mass is 9.95. The topological polar surface area (TPSA) is 61.6 Å². The molecule has 0 bridgehead atoms. The first-order valence-corrected chi connectivity index (χ1v) is 10.4. The molecule has 1 saturated heterocycles. The summed E-state index contributed by atoms with van der Waals surface area (Å²) in [6.07, 6.45) is 2.76. The highest BCUT2D eigenvalue weighted by atomic mass is 32.1. The molecule has 4 rings (SSSR count). The Hall–Kier alpha value is -1.70. The van der Waals surface area contributed by atoms with Crippen molar-refractivity contribution in [1.29, 1.82) is 0 Å². The van der Waals surface area contributed by atoms with Gasteiger partial charge in [-0.05, 0) is 43.8 Å². The van der Waals surface area contributed by atoms with E-state index >= 15 is 0 Å². The van der Waals surface area contributed by atoms with Gasteiger partial charge in [0.25, 0.3) is 5.91 Å². The molecule has 0 atom stereocenters. The number of fused-ring (bicyclic) bond motifs is 3. The Bertz CT molecular complexity index is 761. The number of thiophene rings is 1. The van der Waals surface area contributed by atoms with Gasteiger partial charge in [-0.25, -0.2) is 0 Å². The Kier molecular flexibility index (Phi) is 5.38. The summed E-state index contributed by atoms with van der Waals surface area (Å²) in [6, 6.07) is 2.06. The third kappa shape index (κ3) is 3.56. The molecule has 1 N–H and O–H groups in total. The molecular formula is C19H26N4O2S. The highest BCUT2D eigenvalue weighted by Gasteiger charge is 2.28. The molecule has 1 aliphatic carbocycles. The molecule has 140 valence electrons. The van der Waals surface area contributed by atoms with Gasteiger partial charge in [0.15, 0.2) is 11.5 Å². The van der Waals surface area contributed by atoms with Crippen LogP contribution in [0.5, 0.6) is 0 Å². The fraction of sp³-hybridized carbons (Fsp3) is 0.579. The van der Waals surface area contributed by atoms with E-state index in [2.05, 4.69) is 38.6 Å². The predicted molar refractivity (Wildman–Crippen MR) is 103 cm³/mol. The second-order valence-corrected chi connectivity index (χ2v) is 7.98. The molecule has 0 unspecified atom stereocenters. The molecule has 1 fully saturated rings. The average Bonchev–Trinajstić information content (AvgIpc) is 3.31. The Balaban J connectivity index is 1.26. The van der Waals surface area contributed by atoms with Crippen molar-refractivity contribution in [3.05, 3.63) is 27.6 Å². The number of rotatable bonds is 6. The van der Waals surface area contributed by atoms with Crippen LogP contribution in [0.15, 0.2) is 16.0 Å². The van der Waals surface area contributed by atoms with Gasteiger partial charge in [0.2, 0.25) is 0 Å². The van der Waals surface area contributed by atoms with Crippen LogP contribution in [0.2, 0.25) is 0 Å². The Morgan fingerprint density at radius 1 is 1.27 bits per heavy atom. The average molecular weight is 375 g/mol. The smallest absolute Gasteiger partial charge is 0.273 e. The number of aromatic nitrogens is 1. The van der Waals surface area contributed by atoms with Gasteiger partial charge < -0.3 is 19.6 Å². The van der Waals surface area contributed by atoms with Crippen molar-refractivity contribution in [3.8, 4) is 11.3 Å². The minimum absolute atomic E-state index is 0.107. The summed E-state index contributed by atoms with van der Waals surface area (Å²) in [5, 5.41) is 9.15. The fourth-order valence-corrected chi connectivity index (χ4v) is 4.70. The van der Waals surface area contributed by atoms with Gasteiger partial charge >= 0.3 is 0 Å². The molecule has 3 heterocycles. The maximum absolute atomic E-state index is 12.5. The summed E-state index contributed by atoms with van der Waals surface area (Å²) in [5.74, 6) is 0.677. The van der Waals surface area contributed by atoms with Gasteiger partial charge in [-0.3, -0.25) is 4.79 Å². The van der Waals surface area contributed by atoms with E-state index in [-0.39, 0.29) is 5.91 Å². The van der Waals surface area contributed by atoms with Gasteiger partial charge in [0, 0.05) is 48.7 Å². The minimum atomic E-state index is -0.107. The van der Waals surface area contributed by atoms with Crippen LogP contribution in [0.25, 0.3) is 11.3 Å². The lowest BCUT2D eigenvalue weighted by Gasteiger charge is -2.33. The quantitative estimate of drug-likeness (QED) is 0.786. The van der Waals surface area contributed by atoms with Crippen LogP contribution in [0.3, 0.4) is 0 Å². The number of likely N-dealkylation sites (N-methyl/N-ethyl adjacent to an activating group) is 1. The molecule has 2 aromatic heterocycles. The van der Waals surface area contributed by atoms with E-state index in [9.17, 15) is 4.79 Å². The first-order valence-electron chi connectivity index (χ1n) is 9.54. The number of aryl methyl sites for hydroxylation is 1. The number of hydrogen-bond acceptors (Lipinski definition) is 6. The van der Waals surface area contributed by atoms with Crippen LogP contribution < -0.4 is 5.32 Å².